The molecule has 0 aliphatic heterocycles. The number of benzene rings is 1. The molecular formula is C11H11BrN2O6. The number of carbonyl (C=O) groups excluding carboxylic acids is 1. The quantitative estimate of drug-likeness (QED) is 0.518. The van der Waals surface area contributed by atoms with Crippen LogP contribution in [0.15, 0.2) is 22.7 Å². The Bertz CT molecular complexity index is 548. The van der Waals surface area contributed by atoms with Crippen LogP contribution in [0.4, 0.5) is 5.69 Å². The number of nitrogens with one attached hydrogen (secondary N) is 1. The summed E-state index contributed by atoms with van der Waals surface area (Å²) in [7, 11) is 0. The van der Waals surface area contributed by atoms with Gasteiger partial charge in [-0.25, -0.2) is 4.79 Å². The highest BCUT2D eigenvalue weighted by Gasteiger charge is 2.24. The summed E-state index contributed by atoms with van der Waals surface area (Å²) in [5.74, 6) is -2.07. The number of nitro groups is 1. The average molecular weight is 347 g/mol. The molecule has 0 aromatic heterocycles. The molecule has 9 heteroatoms. The molecule has 3 N–H and O–H groups in total. The predicted molar refractivity (Wildman–Crippen MR) is 71.4 cm³/mol. The first-order chi connectivity index (χ1) is 9.38. The minimum absolute atomic E-state index is 0.0318. The number of nitrogens with zero attached hydrogens (tertiary/aromatic N) is 1. The number of halogens is 1. The molecule has 0 spiro atoms. The van der Waals surface area contributed by atoms with Crippen molar-refractivity contribution in [2.24, 2.45) is 0 Å². The van der Waals surface area contributed by atoms with Gasteiger partial charge in [-0.1, -0.05) is 6.07 Å². The van der Waals surface area contributed by atoms with E-state index in [1.54, 1.807) is 0 Å². The van der Waals surface area contributed by atoms with Gasteiger partial charge >= 0.3 is 5.97 Å². The molecule has 0 aliphatic carbocycles. The van der Waals surface area contributed by atoms with E-state index >= 15 is 0 Å². The van der Waals surface area contributed by atoms with Gasteiger partial charge in [-0.15, -0.1) is 0 Å². The van der Waals surface area contributed by atoms with Crippen molar-refractivity contribution in [2.75, 3.05) is 6.61 Å². The van der Waals surface area contributed by atoms with Crippen molar-refractivity contribution in [2.45, 2.75) is 12.5 Å². The summed E-state index contributed by atoms with van der Waals surface area (Å²) in [6.07, 6.45) is -0.159. The van der Waals surface area contributed by atoms with Crippen LogP contribution in [0.3, 0.4) is 0 Å². The number of nitro benzene ring substituents is 1. The monoisotopic (exact) mass is 346 g/mol. The van der Waals surface area contributed by atoms with Crippen LogP contribution in [0.1, 0.15) is 16.8 Å². The molecule has 8 nitrogen and oxygen atoms in total. The second-order valence-corrected chi connectivity index (χ2v) is 4.57. The van der Waals surface area contributed by atoms with Crippen molar-refractivity contribution in [3.63, 3.8) is 0 Å². The number of hydrogen-bond acceptors (Lipinski definition) is 5. The van der Waals surface area contributed by atoms with E-state index in [-0.39, 0.29) is 22.1 Å². The largest absolute Gasteiger partial charge is 0.480 e. The lowest BCUT2D eigenvalue weighted by molar-refractivity contribution is -0.385. The van der Waals surface area contributed by atoms with Gasteiger partial charge in [0.1, 0.15) is 10.5 Å². The van der Waals surface area contributed by atoms with Crippen LogP contribution < -0.4 is 5.32 Å². The molecule has 0 heterocycles. The molecule has 1 aromatic carbocycles. The number of aliphatic carboxylic acids is 1. The zero-order valence-electron chi connectivity index (χ0n) is 10.1. The molecule has 1 atom stereocenters. The first kappa shape index (κ1) is 16.1. The number of aliphatic hydroxyl groups excluding tert-OH is 1. The third kappa shape index (κ3) is 3.75. The number of hydrogen-bond donors (Lipinski definition) is 3. The van der Waals surface area contributed by atoms with E-state index in [0.29, 0.717) is 0 Å². The second kappa shape index (κ2) is 6.96. The number of carboxylic acids is 1. The van der Waals surface area contributed by atoms with E-state index in [0.717, 1.165) is 0 Å². The molecule has 0 radical (unpaired) electrons. The van der Waals surface area contributed by atoms with E-state index in [9.17, 15) is 19.7 Å². The lowest BCUT2D eigenvalue weighted by Crippen LogP contribution is -2.41. The van der Waals surface area contributed by atoms with Gasteiger partial charge < -0.3 is 15.5 Å². The van der Waals surface area contributed by atoms with Gasteiger partial charge in [0.15, 0.2) is 0 Å². The van der Waals surface area contributed by atoms with Crippen LogP contribution in [0, 0.1) is 10.1 Å². The molecule has 1 aromatic rings. The summed E-state index contributed by atoms with van der Waals surface area (Å²) in [4.78, 5) is 32.9. The fourth-order valence-corrected chi connectivity index (χ4v) is 2.05. The second-order valence-electron chi connectivity index (χ2n) is 3.77. The Balaban J connectivity index is 3.00. The molecular weight excluding hydrogens is 336 g/mol. The highest BCUT2D eigenvalue weighted by molar-refractivity contribution is 9.10. The maximum absolute atomic E-state index is 11.9. The average Bonchev–Trinajstić information content (AvgIpc) is 2.37. The lowest BCUT2D eigenvalue weighted by atomic mass is 10.1. The van der Waals surface area contributed by atoms with Gasteiger partial charge in [-0.3, -0.25) is 14.9 Å². The van der Waals surface area contributed by atoms with E-state index in [1.165, 1.54) is 18.2 Å². The Morgan fingerprint density at radius 1 is 1.45 bits per heavy atom. The molecule has 1 amide bonds. The fourth-order valence-electron chi connectivity index (χ4n) is 1.46. The van der Waals surface area contributed by atoms with Crippen molar-refractivity contribution < 1.29 is 24.7 Å². The number of aliphatic hydroxyl groups is 1. The number of carboxylic acid groups (broad SMARTS) is 1. The van der Waals surface area contributed by atoms with Gasteiger partial charge in [0.05, 0.1) is 10.5 Å². The van der Waals surface area contributed by atoms with Crippen LogP contribution in [0.5, 0.6) is 0 Å². The Kier molecular flexibility index (Phi) is 5.59. The van der Waals surface area contributed by atoms with E-state index in [1.807, 2.05) is 0 Å². The zero-order valence-corrected chi connectivity index (χ0v) is 11.7. The highest BCUT2D eigenvalue weighted by Crippen LogP contribution is 2.28. The summed E-state index contributed by atoms with van der Waals surface area (Å²) in [5, 5.41) is 30.5. The normalized spacial score (nSPS) is 11.7. The Labute approximate surface area is 121 Å². The summed E-state index contributed by atoms with van der Waals surface area (Å²) >= 11 is 2.95. The first-order valence-corrected chi connectivity index (χ1v) is 6.25. The van der Waals surface area contributed by atoms with Crippen molar-refractivity contribution >= 4 is 33.5 Å². The van der Waals surface area contributed by atoms with Crippen LogP contribution in [-0.2, 0) is 4.79 Å². The van der Waals surface area contributed by atoms with Crippen molar-refractivity contribution in [3.8, 4) is 0 Å². The van der Waals surface area contributed by atoms with Gasteiger partial charge in [0, 0.05) is 19.1 Å². The number of amides is 1. The minimum atomic E-state index is -1.30. The molecule has 20 heavy (non-hydrogen) atoms. The van der Waals surface area contributed by atoms with E-state index in [2.05, 4.69) is 21.2 Å². The van der Waals surface area contributed by atoms with Gasteiger partial charge in [0.2, 0.25) is 0 Å². The standard InChI is InChI=1S/C11H11BrN2O6/c12-9-6(2-1-3-8(9)14(19)20)10(16)13-7(4-5-15)11(17)18/h1-3,7,15H,4-5H2,(H,13,16)(H,17,18). The third-order valence-corrected chi connectivity index (χ3v) is 3.27. The molecule has 0 fully saturated rings. The Morgan fingerprint density at radius 2 is 2.10 bits per heavy atom. The molecule has 108 valence electrons. The van der Waals surface area contributed by atoms with Gasteiger partial charge in [-0.2, -0.15) is 0 Å². The summed E-state index contributed by atoms with van der Waals surface area (Å²) in [5.41, 5.74) is -0.352. The SMILES string of the molecule is O=C(NC(CCO)C(=O)O)c1cccc([N+](=O)[O-])c1Br. The fraction of sp³-hybridized carbons (Fsp3) is 0.273. The molecule has 1 unspecified atom stereocenters. The smallest absolute Gasteiger partial charge is 0.326 e. The minimum Gasteiger partial charge on any atom is -0.480 e. The first-order valence-electron chi connectivity index (χ1n) is 5.46. The van der Waals surface area contributed by atoms with Crippen molar-refractivity contribution in [3.05, 3.63) is 38.3 Å². The summed E-state index contributed by atoms with van der Waals surface area (Å²) in [6.45, 7) is -0.409. The maximum Gasteiger partial charge on any atom is 0.326 e. The zero-order chi connectivity index (χ0) is 15.3. The van der Waals surface area contributed by atoms with Crippen LogP contribution >= 0.6 is 15.9 Å². The topological polar surface area (TPSA) is 130 Å². The van der Waals surface area contributed by atoms with E-state index in [4.69, 9.17) is 10.2 Å². The molecule has 1 rings (SSSR count). The molecule has 0 saturated carbocycles. The van der Waals surface area contributed by atoms with Gasteiger partial charge in [-0.05, 0) is 22.0 Å². The molecule has 0 saturated heterocycles. The Hall–Kier alpha value is -2.00. The van der Waals surface area contributed by atoms with Crippen LogP contribution in [0.2, 0.25) is 0 Å². The lowest BCUT2D eigenvalue weighted by Gasteiger charge is -2.13. The number of carbonyl (C=O) groups is 2. The molecule has 0 bridgehead atoms. The van der Waals surface area contributed by atoms with Crippen LogP contribution in [0.25, 0.3) is 0 Å². The van der Waals surface area contributed by atoms with Crippen molar-refractivity contribution in [1.29, 1.82) is 0 Å². The van der Waals surface area contributed by atoms with Crippen LogP contribution in [-0.4, -0.2) is 39.7 Å². The highest BCUT2D eigenvalue weighted by atomic mass is 79.9. The maximum atomic E-state index is 11.9. The van der Waals surface area contributed by atoms with Gasteiger partial charge in [0.25, 0.3) is 11.6 Å². The van der Waals surface area contributed by atoms with Crippen molar-refractivity contribution in [1.82, 2.24) is 5.32 Å². The Morgan fingerprint density at radius 3 is 2.60 bits per heavy atom. The van der Waals surface area contributed by atoms with E-state index < -0.39 is 29.4 Å². The summed E-state index contributed by atoms with van der Waals surface area (Å²) < 4.78 is -0.0318. The number of rotatable bonds is 6. The molecule has 0 aliphatic rings. The third-order valence-electron chi connectivity index (χ3n) is 2.44. The summed E-state index contributed by atoms with van der Waals surface area (Å²) in [6, 6.07) is 2.59. The predicted octanol–water partition coefficient (Wildman–Crippen LogP) is 0.923.